The molecule has 2 heterocycles. The van der Waals surface area contributed by atoms with E-state index in [2.05, 4.69) is 71.5 Å². The number of aromatic nitrogens is 2. The molecular weight excluding hydrogens is 356 g/mol. The smallest absolute Gasteiger partial charge is 0.0682 e. The summed E-state index contributed by atoms with van der Waals surface area (Å²) in [5, 5.41) is 4.34. The summed E-state index contributed by atoms with van der Waals surface area (Å²) in [7, 11) is 2.00. The third kappa shape index (κ3) is 4.08. The number of rotatable bonds is 4. The zero-order valence-corrected chi connectivity index (χ0v) is 16.7. The molecule has 0 bridgehead atoms. The van der Waals surface area contributed by atoms with Crippen molar-refractivity contribution in [3.63, 3.8) is 0 Å². The van der Waals surface area contributed by atoms with Crippen LogP contribution in [0.25, 0.3) is 11.3 Å². The Kier molecular flexibility index (Phi) is 6.00. The highest BCUT2D eigenvalue weighted by Crippen LogP contribution is 2.30. The fraction of sp³-hybridized carbons (Fsp3) is 0.318. The minimum absolute atomic E-state index is 0. The van der Waals surface area contributed by atoms with Crippen molar-refractivity contribution in [3.05, 3.63) is 77.5 Å². The third-order valence-corrected chi connectivity index (χ3v) is 5.42. The van der Waals surface area contributed by atoms with Crippen molar-refractivity contribution in [2.75, 3.05) is 13.1 Å². The van der Waals surface area contributed by atoms with Gasteiger partial charge in [-0.3, -0.25) is 9.58 Å². The lowest BCUT2D eigenvalue weighted by molar-refractivity contribution is 0.324. The molecule has 1 aromatic heterocycles. The summed E-state index contributed by atoms with van der Waals surface area (Å²) in [6, 6.07) is 19.6. The van der Waals surface area contributed by atoms with Gasteiger partial charge in [0.15, 0.2) is 0 Å². The highest BCUT2D eigenvalue weighted by atomic mass is 35.5. The molecule has 1 fully saturated rings. The molecule has 0 aliphatic carbocycles. The van der Waals surface area contributed by atoms with Crippen LogP contribution < -0.4 is 5.73 Å². The van der Waals surface area contributed by atoms with Gasteiger partial charge in [0, 0.05) is 50.4 Å². The number of hydrogen-bond donors (Lipinski definition) is 1. The molecule has 1 saturated heterocycles. The van der Waals surface area contributed by atoms with Crippen molar-refractivity contribution >= 4 is 12.4 Å². The lowest BCUT2D eigenvalue weighted by Gasteiger charge is -2.19. The van der Waals surface area contributed by atoms with Crippen molar-refractivity contribution < 1.29 is 0 Å². The number of hydrogen-bond acceptors (Lipinski definition) is 3. The fourth-order valence-corrected chi connectivity index (χ4v) is 4.04. The number of benzene rings is 2. The van der Waals surface area contributed by atoms with E-state index >= 15 is 0 Å². The Morgan fingerprint density at radius 1 is 1.07 bits per heavy atom. The van der Waals surface area contributed by atoms with Crippen LogP contribution in [-0.2, 0) is 13.6 Å². The molecule has 3 aromatic rings. The van der Waals surface area contributed by atoms with E-state index in [-0.39, 0.29) is 18.4 Å². The van der Waals surface area contributed by atoms with Gasteiger partial charge in [-0.25, -0.2) is 0 Å². The number of nitrogens with zero attached hydrogens (tertiary/aromatic N) is 3. The fourth-order valence-electron chi connectivity index (χ4n) is 4.04. The molecule has 0 saturated carbocycles. The van der Waals surface area contributed by atoms with Crippen LogP contribution in [0.5, 0.6) is 0 Å². The molecule has 2 N–H and O–H groups in total. The van der Waals surface area contributed by atoms with Gasteiger partial charge in [-0.1, -0.05) is 48.0 Å². The van der Waals surface area contributed by atoms with E-state index in [0.29, 0.717) is 5.92 Å². The molecule has 0 amide bonds. The van der Waals surface area contributed by atoms with Crippen LogP contribution in [0.2, 0.25) is 0 Å². The van der Waals surface area contributed by atoms with Crippen molar-refractivity contribution in [2.24, 2.45) is 12.8 Å². The van der Waals surface area contributed by atoms with Gasteiger partial charge in [0.25, 0.3) is 0 Å². The second-order valence-corrected chi connectivity index (χ2v) is 7.38. The molecule has 2 atom stereocenters. The van der Waals surface area contributed by atoms with Gasteiger partial charge in [-0.05, 0) is 30.2 Å². The summed E-state index contributed by atoms with van der Waals surface area (Å²) < 4.78 is 1.95. The van der Waals surface area contributed by atoms with Crippen LogP contribution in [0.4, 0.5) is 0 Å². The first-order valence-corrected chi connectivity index (χ1v) is 9.22. The maximum absolute atomic E-state index is 6.48. The second-order valence-electron chi connectivity index (χ2n) is 7.38. The second kappa shape index (κ2) is 8.26. The molecule has 0 spiro atoms. The lowest BCUT2D eigenvalue weighted by Crippen LogP contribution is -2.28. The van der Waals surface area contributed by atoms with Gasteiger partial charge in [0.1, 0.15) is 0 Å². The molecule has 4 rings (SSSR count). The van der Waals surface area contributed by atoms with Crippen LogP contribution in [-0.4, -0.2) is 33.8 Å². The molecule has 27 heavy (non-hydrogen) atoms. The van der Waals surface area contributed by atoms with Crippen LogP contribution in [0.15, 0.2) is 60.8 Å². The maximum Gasteiger partial charge on any atom is 0.0682 e. The first-order valence-electron chi connectivity index (χ1n) is 9.22. The van der Waals surface area contributed by atoms with Crippen molar-refractivity contribution in [1.82, 2.24) is 14.7 Å². The largest absolute Gasteiger partial charge is 0.326 e. The first kappa shape index (κ1) is 19.6. The van der Waals surface area contributed by atoms with Gasteiger partial charge < -0.3 is 5.73 Å². The standard InChI is InChI=1S/C22H26N4.ClH/c1-16-8-9-18(19(12-16)22-10-11-24-25(22)2)13-26-14-20(21(23)15-26)17-6-4-3-5-7-17;/h3-12,20-21H,13-15,23H2,1-2H3;1H/t20-,21+;/m0./s1. The lowest BCUT2D eigenvalue weighted by atomic mass is 9.95. The Morgan fingerprint density at radius 3 is 2.56 bits per heavy atom. The van der Waals surface area contributed by atoms with Crippen molar-refractivity contribution in [3.8, 4) is 11.3 Å². The highest BCUT2D eigenvalue weighted by molar-refractivity contribution is 5.85. The summed E-state index contributed by atoms with van der Waals surface area (Å²) in [5.41, 5.74) is 12.9. The summed E-state index contributed by atoms with van der Waals surface area (Å²) in [6.07, 6.45) is 1.86. The van der Waals surface area contributed by atoms with Crippen LogP contribution >= 0.6 is 12.4 Å². The summed E-state index contributed by atoms with van der Waals surface area (Å²) >= 11 is 0. The zero-order valence-electron chi connectivity index (χ0n) is 15.9. The molecule has 0 unspecified atom stereocenters. The number of nitrogens with two attached hydrogens (primary N) is 1. The van der Waals surface area contributed by atoms with Gasteiger partial charge in [0.05, 0.1) is 5.69 Å². The molecule has 5 heteroatoms. The SMILES string of the molecule is Cc1ccc(CN2C[C@@H](N)[C@H](c3ccccc3)C2)c(-c2ccnn2C)c1.Cl. The molecule has 2 aromatic carbocycles. The molecular formula is C22H27ClN4. The topological polar surface area (TPSA) is 47.1 Å². The monoisotopic (exact) mass is 382 g/mol. The molecule has 4 nitrogen and oxygen atoms in total. The summed E-state index contributed by atoms with van der Waals surface area (Å²) in [4.78, 5) is 2.48. The van der Waals surface area contributed by atoms with E-state index in [1.165, 1.54) is 22.3 Å². The average molecular weight is 383 g/mol. The molecule has 1 aliphatic heterocycles. The summed E-state index contributed by atoms with van der Waals surface area (Å²) in [5.74, 6) is 0.404. The van der Waals surface area contributed by atoms with E-state index in [0.717, 1.165) is 25.3 Å². The predicted molar refractivity (Wildman–Crippen MR) is 113 cm³/mol. The first-order chi connectivity index (χ1) is 12.6. The van der Waals surface area contributed by atoms with Gasteiger partial charge in [-0.2, -0.15) is 5.10 Å². The maximum atomic E-state index is 6.48. The Morgan fingerprint density at radius 2 is 1.85 bits per heavy atom. The van der Waals surface area contributed by atoms with E-state index < -0.39 is 0 Å². The van der Waals surface area contributed by atoms with Crippen molar-refractivity contribution in [1.29, 1.82) is 0 Å². The Bertz CT molecular complexity index is 890. The predicted octanol–water partition coefficient (Wildman–Crippen LogP) is 3.74. The molecule has 142 valence electrons. The van der Waals surface area contributed by atoms with E-state index in [1.807, 2.05) is 17.9 Å². The quantitative estimate of drug-likeness (QED) is 0.747. The van der Waals surface area contributed by atoms with Crippen LogP contribution in [0.1, 0.15) is 22.6 Å². The third-order valence-electron chi connectivity index (χ3n) is 5.42. The van der Waals surface area contributed by atoms with Gasteiger partial charge in [0.2, 0.25) is 0 Å². The van der Waals surface area contributed by atoms with Crippen LogP contribution in [0.3, 0.4) is 0 Å². The van der Waals surface area contributed by atoms with E-state index in [1.54, 1.807) is 0 Å². The Hall–Kier alpha value is -2.14. The minimum Gasteiger partial charge on any atom is -0.326 e. The van der Waals surface area contributed by atoms with Crippen molar-refractivity contribution in [2.45, 2.75) is 25.4 Å². The average Bonchev–Trinajstić information content (AvgIpc) is 3.23. The normalized spacial score (nSPS) is 19.8. The number of aryl methyl sites for hydroxylation is 2. The molecule has 0 radical (unpaired) electrons. The minimum atomic E-state index is 0. The van der Waals surface area contributed by atoms with Gasteiger partial charge in [-0.15, -0.1) is 12.4 Å². The van der Waals surface area contributed by atoms with E-state index in [9.17, 15) is 0 Å². The summed E-state index contributed by atoms with van der Waals surface area (Å²) in [6.45, 7) is 4.99. The Labute approximate surface area is 167 Å². The zero-order chi connectivity index (χ0) is 18.1. The Balaban J connectivity index is 0.00000210. The highest BCUT2D eigenvalue weighted by Gasteiger charge is 2.31. The number of likely N-dealkylation sites (tertiary alicyclic amines) is 1. The van der Waals surface area contributed by atoms with E-state index in [4.69, 9.17) is 5.73 Å². The number of halogens is 1. The van der Waals surface area contributed by atoms with Gasteiger partial charge >= 0.3 is 0 Å². The molecule has 1 aliphatic rings. The van der Waals surface area contributed by atoms with Crippen LogP contribution in [0, 0.1) is 6.92 Å².